The van der Waals surface area contributed by atoms with Crippen LogP contribution in [0, 0.1) is 6.92 Å². The summed E-state index contributed by atoms with van der Waals surface area (Å²) in [5.74, 6) is -0.955. The lowest BCUT2D eigenvalue weighted by molar-refractivity contribution is 0.0689. The number of fused-ring (bicyclic) bond motifs is 3. The molecule has 0 amide bonds. The summed E-state index contributed by atoms with van der Waals surface area (Å²) in [5, 5.41) is 20.2. The second-order valence-electron chi connectivity index (χ2n) is 4.26. The van der Waals surface area contributed by atoms with E-state index in [0.717, 1.165) is 34.6 Å². The van der Waals surface area contributed by atoms with Gasteiger partial charge in [-0.15, -0.1) is 0 Å². The Morgan fingerprint density at radius 3 is 2.94 bits per heavy atom. The van der Waals surface area contributed by atoms with Crippen LogP contribution < -0.4 is 0 Å². The molecule has 17 heavy (non-hydrogen) atoms. The standard InChI is InChI=1S/C11H12N4O2/c1-5-8-7(15(2)14-5)4-3-6-9(8)12-13-10(6)11(16)17/h3-4H2,1-2H3,(H,12,13)(H,16,17). The van der Waals surface area contributed by atoms with E-state index in [-0.39, 0.29) is 5.69 Å². The lowest BCUT2D eigenvalue weighted by Gasteiger charge is -2.12. The third-order valence-corrected chi connectivity index (χ3v) is 3.27. The number of carboxylic acid groups (broad SMARTS) is 1. The Morgan fingerprint density at radius 2 is 2.24 bits per heavy atom. The summed E-state index contributed by atoms with van der Waals surface area (Å²) in [7, 11) is 1.90. The molecule has 0 aromatic carbocycles. The number of H-pyrrole nitrogens is 1. The van der Waals surface area contributed by atoms with Crippen LogP contribution in [0.2, 0.25) is 0 Å². The van der Waals surface area contributed by atoms with Gasteiger partial charge in [0.2, 0.25) is 0 Å². The minimum atomic E-state index is -0.955. The highest BCUT2D eigenvalue weighted by atomic mass is 16.4. The lowest BCUT2D eigenvalue weighted by atomic mass is 9.92. The number of nitrogens with one attached hydrogen (secondary N) is 1. The number of aryl methyl sites for hydroxylation is 2. The molecule has 0 aliphatic heterocycles. The maximum absolute atomic E-state index is 11.0. The van der Waals surface area contributed by atoms with Crippen LogP contribution in [0.5, 0.6) is 0 Å². The fourth-order valence-electron chi connectivity index (χ4n) is 2.54. The number of hydrogen-bond acceptors (Lipinski definition) is 3. The largest absolute Gasteiger partial charge is 0.477 e. The van der Waals surface area contributed by atoms with Gasteiger partial charge < -0.3 is 5.11 Å². The number of nitrogens with zero attached hydrogens (tertiary/aromatic N) is 3. The Hall–Kier alpha value is -2.11. The second-order valence-corrected chi connectivity index (χ2v) is 4.26. The van der Waals surface area contributed by atoms with Gasteiger partial charge in [-0.1, -0.05) is 0 Å². The van der Waals surface area contributed by atoms with Gasteiger partial charge in [-0.25, -0.2) is 4.79 Å². The van der Waals surface area contributed by atoms with Crippen LogP contribution in [-0.4, -0.2) is 31.1 Å². The fourth-order valence-corrected chi connectivity index (χ4v) is 2.54. The topological polar surface area (TPSA) is 83.8 Å². The van der Waals surface area contributed by atoms with E-state index in [1.807, 2.05) is 18.7 Å². The zero-order chi connectivity index (χ0) is 12.2. The van der Waals surface area contributed by atoms with Gasteiger partial charge in [0.25, 0.3) is 0 Å². The normalized spacial score (nSPS) is 13.3. The van der Waals surface area contributed by atoms with Crippen molar-refractivity contribution in [2.24, 2.45) is 7.05 Å². The van der Waals surface area contributed by atoms with Gasteiger partial charge >= 0.3 is 5.97 Å². The number of aromatic amines is 1. The number of carboxylic acids is 1. The molecule has 0 bridgehead atoms. The highest BCUT2D eigenvalue weighted by Gasteiger charge is 2.28. The molecule has 0 spiro atoms. The Bertz CT molecular complexity index is 624. The van der Waals surface area contributed by atoms with Crippen LogP contribution in [0.15, 0.2) is 0 Å². The molecule has 0 radical (unpaired) electrons. The first-order valence-electron chi connectivity index (χ1n) is 5.43. The number of aromatic nitrogens is 4. The van der Waals surface area contributed by atoms with Crippen LogP contribution in [-0.2, 0) is 19.9 Å². The maximum Gasteiger partial charge on any atom is 0.354 e. The van der Waals surface area contributed by atoms with Crippen LogP contribution in [0.4, 0.5) is 0 Å². The van der Waals surface area contributed by atoms with Crippen molar-refractivity contribution in [1.29, 1.82) is 0 Å². The minimum absolute atomic E-state index is 0.203. The van der Waals surface area contributed by atoms with E-state index in [2.05, 4.69) is 15.3 Å². The van der Waals surface area contributed by atoms with Crippen molar-refractivity contribution in [3.8, 4) is 11.3 Å². The molecule has 1 aliphatic rings. The fraction of sp³-hybridized carbons (Fsp3) is 0.364. The van der Waals surface area contributed by atoms with E-state index in [0.29, 0.717) is 6.42 Å². The molecule has 0 atom stereocenters. The Balaban J connectivity index is 2.27. The Morgan fingerprint density at radius 1 is 1.47 bits per heavy atom. The van der Waals surface area contributed by atoms with Crippen LogP contribution in [0.1, 0.15) is 27.4 Å². The number of rotatable bonds is 1. The van der Waals surface area contributed by atoms with Crippen LogP contribution in [0.3, 0.4) is 0 Å². The van der Waals surface area contributed by atoms with Gasteiger partial charge in [-0.2, -0.15) is 10.2 Å². The Labute approximate surface area is 97.3 Å². The molecule has 88 valence electrons. The first-order chi connectivity index (χ1) is 8.09. The lowest BCUT2D eigenvalue weighted by Crippen LogP contribution is -2.09. The van der Waals surface area contributed by atoms with E-state index in [1.165, 1.54) is 0 Å². The molecular weight excluding hydrogens is 220 g/mol. The summed E-state index contributed by atoms with van der Waals surface area (Å²) in [6.45, 7) is 1.92. The van der Waals surface area contributed by atoms with Crippen LogP contribution >= 0.6 is 0 Å². The van der Waals surface area contributed by atoms with E-state index >= 15 is 0 Å². The molecule has 2 heterocycles. The Kier molecular flexibility index (Phi) is 1.89. The van der Waals surface area contributed by atoms with Crippen LogP contribution in [0.25, 0.3) is 11.3 Å². The summed E-state index contributed by atoms with van der Waals surface area (Å²) < 4.78 is 1.85. The van der Waals surface area contributed by atoms with Crippen molar-refractivity contribution >= 4 is 5.97 Å². The second kappa shape index (κ2) is 3.19. The number of aromatic carboxylic acids is 1. The average molecular weight is 232 g/mol. The first-order valence-corrected chi connectivity index (χ1v) is 5.43. The number of hydrogen-bond donors (Lipinski definition) is 2. The highest BCUT2D eigenvalue weighted by Crippen LogP contribution is 2.35. The molecule has 1 aliphatic carbocycles. The smallest absolute Gasteiger partial charge is 0.354 e. The molecule has 2 aromatic rings. The van der Waals surface area contributed by atoms with Gasteiger partial charge in [0.1, 0.15) is 5.69 Å². The van der Waals surface area contributed by atoms with Gasteiger partial charge in [-0.05, 0) is 19.8 Å². The monoisotopic (exact) mass is 232 g/mol. The highest BCUT2D eigenvalue weighted by molar-refractivity contribution is 5.90. The molecule has 0 unspecified atom stereocenters. The zero-order valence-corrected chi connectivity index (χ0v) is 9.61. The maximum atomic E-state index is 11.0. The summed E-state index contributed by atoms with van der Waals surface area (Å²) in [5.41, 5.74) is 4.74. The van der Waals surface area contributed by atoms with E-state index in [4.69, 9.17) is 5.11 Å². The van der Waals surface area contributed by atoms with E-state index in [1.54, 1.807) is 0 Å². The third kappa shape index (κ3) is 1.23. The van der Waals surface area contributed by atoms with Gasteiger partial charge in [0.05, 0.1) is 11.4 Å². The van der Waals surface area contributed by atoms with Crippen molar-refractivity contribution in [3.63, 3.8) is 0 Å². The summed E-state index contributed by atoms with van der Waals surface area (Å²) in [4.78, 5) is 11.0. The van der Waals surface area contributed by atoms with Crippen molar-refractivity contribution < 1.29 is 9.90 Å². The average Bonchev–Trinajstić information content (AvgIpc) is 2.80. The SMILES string of the molecule is Cc1nn(C)c2c1-c1n[nH]c(C(=O)O)c1CC2. The molecule has 3 rings (SSSR count). The third-order valence-electron chi connectivity index (χ3n) is 3.27. The van der Waals surface area contributed by atoms with E-state index in [9.17, 15) is 4.79 Å². The molecule has 0 saturated heterocycles. The quantitative estimate of drug-likeness (QED) is 0.765. The molecule has 0 saturated carbocycles. The summed E-state index contributed by atoms with van der Waals surface area (Å²) >= 11 is 0. The van der Waals surface area contributed by atoms with Crippen molar-refractivity contribution in [2.45, 2.75) is 19.8 Å². The first kappa shape index (κ1) is 10.1. The van der Waals surface area contributed by atoms with Gasteiger partial charge in [-0.3, -0.25) is 9.78 Å². The minimum Gasteiger partial charge on any atom is -0.477 e. The number of carbonyl (C=O) groups is 1. The molecule has 6 heteroatoms. The van der Waals surface area contributed by atoms with Gasteiger partial charge in [0, 0.05) is 23.9 Å². The molecule has 6 nitrogen and oxygen atoms in total. The molecule has 0 fully saturated rings. The molecule has 2 aromatic heterocycles. The van der Waals surface area contributed by atoms with E-state index < -0.39 is 5.97 Å². The van der Waals surface area contributed by atoms with Crippen molar-refractivity contribution in [3.05, 3.63) is 22.6 Å². The molecule has 2 N–H and O–H groups in total. The molecular formula is C11H12N4O2. The van der Waals surface area contributed by atoms with Gasteiger partial charge in [0.15, 0.2) is 0 Å². The summed E-state index contributed by atoms with van der Waals surface area (Å²) in [6.07, 6.45) is 1.50. The predicted molar refractivity (Wildman–Crippen MR) is 59.9 cm³/mol. The summed E-state index contributed by atoms with van der Waals surface area (Å²) in [6, 6.07) is 0. The van der Waals surface area contributed by atoms with Crippen molar-refractivity contribution in [2.75, 3.05) is 0 Å². The zero-order valence-electron chi connectivity index (χ0n) is 9.61. The van der Waals surface area contributed by atoms with Crippen molar-refractivity contribution in [1.82, 2.24) is 20.0 Å². The predicted octanol–water partition coefficient (Wildman–Crippen LogP) is 0.915.